The van der Waals surface area contributed by atoms with Crippen LogP contribution in [0.4, 0.5) is 8.78 Å². The average molecular weight is 256 g/mol. The van der Waals surface area contributed by atoms with Gasteiger partial charge in [0.15, 0.2) is 23.1 Å². The number of nitrogens with zero attached hydrogens (tertiary/aromatic N) is 4. The molecule has 0 spiro atoms. The number of hydrogen-bond donors (Lipinski definition) is 0. The molecule has 0 unspecified atom stereocenters. The molecular weight excluding hydrogens is 250 g/mol. The van der Waals surface area contributed by atoms with Crippen molar-refractivity contribution in [2.45, 2.75) is 0 Å². The van der Waals surface area contributed by atoms with Crippen LogP contribution in [0.15, 0.2) is 36.5 Å². The fraction of sp³-hybridized carbons (Fsp3) is 0. The fourth-order valence-corrected chi connectivity index (χ4v) is 1.82. The van der Waals surface area contributed by atoms with Crippen LogP contribution in [0.3, 0.4) is 0 Å². The van der Waals surface area contributed by atoms with Crippen LogP contribution >= 0.6 is 0 Å². The summed E-state index contributed by atoms with van der Waals surface area (Å²) in [7, 11) is 0. The maximum Gasteiger partial charge on any atom is 0.171 e. The molecule has 0 aliphatic rings. The van der Waals surface area contributed by atoms with Crippen molar-refractivity contribution in [1.82, 2.24) is 14.6 Å². The lowest BCUT2D eigenvalue weighted by atomic mass is 10.2. The van der Waals surface area contributed by atoms with E-state index >= 15 is 0 Å². The fourth-order valence-electron chi connectivity index (χ4n) is 1.82. The molecule has 4 nitrogen and oxygen atoms in total. The standard InChI is InChI=1S/C13H6F2N4/c14-10-3-1-2-9(12(10)15)13-18-17-11-5-4-8(6-16)7-19(11)13/h1-5,7H. The van der Waals surface area contributed by atoms with Crippen molar-refractivity contribution in [2.75, 3.05) is 0 Å². The maximum atomic E-state index is 13.8. The van der Waals surface area contributed by atoms with Crippen LogP contribution < -0.4 is 0 Å². The van der Waals surface area contributed by atoms with Crippen molar-refractivity contribution >= 4 is 5.65 Å². The third-order valence-corrected chi connectivity index (χ3v) is 2.72. The van der Waals surface area contributed by atoms with Crippen LogP contribution in [-0.2, 0) is 0 Å². The molecule has 0 N–H and O–H groups in total. The van der Waals surface area contributed by atoms with Gasteiger partial charge in [-0.15, -0.1) is 10.2 Å². The minimum Gasteiger partial charge on any atom is -0.281 e. The summed E-state index contributed by atoms with van der Waals surface area (Å²) in [5.74, 6) is -1.78. The first-order valence-corrected chi connectivity index (χ1v) is 5.40. The molecule has 0 amide bonds. The topological polar surface area (TPSA) is 54.0 Å². The van der Waals surface area contributed by atoms with Gasteiger partial charge in [-0.2, -0.15) is 5.26 Å². The molecular formula is C13H6F2N4. The highest BCUT2D eigenvalue weighted by Gasteiger charge is 2.15. The number of aromatic nitrogens is 3. The number of pyridine rings is 1. The van der Waals surface area contributed by atoms with E-state index in [1.54, 1.807) is 12.1 Å². The molecule has 1 aromatic carbocycles. The van der Waals surface area contributed by atoms with Crippen LogP contribution in [0.25, 0.3) is 17.0 Å². The Morgan fingerprint density at radius 2 is 1.95 bits per heavy atom. The highest BCUT2D eigenvalue weighted by molar-refractivity contribution is 5.60. The van der Waals surface area contributed by atoms with Gasteiger partial charge >= 0.3 is 0 Å². The monoisotopic (exact) mass is 256 g/mol. The summed E-state index contributed by atoms with van der Waals surface area (Å²) in [4.78, 5) is 0. The predicted octanol–water partition coefficient (Wildman–Crippen LogP) is 2.55. The van der Waals surface area contributed by atoms with E-state index in [2.05, 4.69) is 10.2 Å². The molecule has 0 radical (unpaired) electrons. The van der Waals surface area contributed by atoms with Crippen LogP contribution in [0, 0.1) is 23.0 Å². The zero-order chi connectivity index (χ0) is 13.4. The highest BCUT2D eigenvalue weighted by Crippen LogP contribution is 2.23. The number of rotatable bonds is 1. The van der Waals surface area contributed by atoms with Crippen molar-refractivity contribution in [3.05, 3.63) is 53.7 Å². The number of nitriles is 1. The minimum absolute atomic E-state index is 0.00240. The lowest BCUT2D eigenvalue weighted by Crippen LogP contribution is -1.95. The molecule has 0 saturated heterocycles. The molecule has 92 valence electrons. The van der Waals surface area contributed by atoms with Gasteiger partial charge in [-0.1, -0.05) is 6.07 Å². The second-order valence-electron chi connectivity index (χ2n) is 3.88. The number of hydrogen-bond acceptors (Lipinski definition) is 3. The van der Waals surface area contributed by atoms with Gasteiger partial charge in [-0.3, -0.25) is 4.40 Å². The van der Waals surface area contributed by atoms with Crippen LogP contribution in [0.5, 0.6) is 0 Å². The van der Waals surface area contributed by atoms with E-state index in [9.17, 15) is 8.78 Å². The largest absolute Gasteiger partial charge is 0.281 e. The van der Waals surface area contributed by atoms with E-state index in [0.717, 1.165) is 6.07 Å². The van der Waals surface area contributed by atoms with E-state index in [1.165, 1.54) is 22.7 Å². The number of halogens is 2. The van der Waals surface area contributed by atoms with Gasteiger partial charge in [0.25, 0.3) is 0 Å². The molecule has 2 aromatic heterocycles. The quantitative estimate of drug-likeness (QED) is 0.672. The van der Waals surface area contributed by atoms with Crippen LogP contribution in [-0.4, -0.2) is 14.6 Å². The molecule has 6 heteroatoms. The second kappa shape index (κ2) is 4.14. The maximum absolute atomic E-state index is 13.8. The van der Waals surface area contributed by atoms with Crippen molar-refractivity contribution in [1.29, 1.82) is 5.26 Å². The molecule has 0 aliphatic carbocycles. The van der Waals surface area contributed by atoms with E-state index in [0.29, 0.717) is 11.2 Å². The third kappa shape index (κ3) is 1.72. The second-order valence-corrected chi connectivity index (χ2v) is 3.88. The minimum atomic E-state index is -0.987. The predicted molar refractivity (Wildman–Crippen MR) is 63.1 cm³/mol. The van der Waals surface area contributed by atoms with E-state index in [4.69, 9.17) is 5.26 Å². The lowest BCUT2D eigenvalue weighted by molar-refractivity contribution is 0.510. The Morgan fingerprint density at radius 3 is 2.74 bits per heavy atom. The van der Waals surface area contributed by atoms with Gasteiger partial charge in [0, 0.05) is 6.20 Å². The Kier molecular flexibility index (Phi) is 2.46. The highest BCUT2D eigenvalue weighted by atomic mass is 19.2. The SMILES string of the molecule is N#Cc1ccc2nnc(-c3cccc(F)c3F)n2c1. The zero-order valence-corrected chi connectivity index (χ0v) is 9.51. The van der Waals surface area contributed by atoms with Crippen molar-refractivity contribution < 1.29 is 8.78 Å². The first kappa shape index (κ1) is 11.3. The molecule has 2 heterocycles. The van der Waals surface area contributed by atoms with Gasteiger partial charge in [0.2, 0.25) is 0 Å². The molecule has 19 heavy (non-hydrogen) atoms. The zero-order valence-electron chi connectivity index (χ0n) is 9.51. The van der Waals surface area contributed by atoms with Gasteiger partial charge < -0.3 is 0 Å². The summed E-state index contributed by atoms with van der Waals surface area (Å²) in [6, 6.07) is 8.97. The Morgan fingerprint density at radius 1 is 1.11 bits per heavy atom. The van der Waals surface area contributed by atoms with E-state index in [1.807, 2.05) is 6.07 Å². The van der Waals surface area contributed by atoms with Crippen molar-refractivity contribution in [3.63, 3.8) is 0 Å². The Balaban J connectivity index is 2.31. The van der Waals surface area contributed by atoms with E-state index < -0.39 is 11.6 Å². The van der Waals surface area contributed by atoms with Gasteiger partial charge in [-0.05, 0) is 24.3 Å². The Labute approximate surface area is 106 Å². The summed E-state index contributed by atoms with van der Waals surface area (Å²) >= 11 is 0. The Hall–Kier alpha value is -2.81. The summed E-state index contributed by atoms with van der Waals surface area (Å²) in [5, 5.41) is 16.6. The average Bonchev–Trinajstić information content (AvgIpc) is 2.84. The van der Waals surface area contributed by atoms with Gasteiger partial charge in [-0.25, -0.2) is 8.78 Å². The first-order chi connectivity index (χ1) is 9.20. The summed E-state index contributed by atoms with van der Waals surface area (Å²) in [5.41, 5.74) is 0.839. The Bertz CT molecular complexity index is 817. The molecule has 0 bridgehead atoms. The molecule has 0 aliphatic heterocycles. The van der Waals surface area contributed by atoms with Crippen LogP contribution in [0.2, 0.25) is 0 Å². The molecule has 0 fully saturated rings. The summed E-state index contributed by atoms with van der Waals surface area (Å²) in [6.45, 7) is 0. The van der Waals surface area contributed by atoms with E-state index in [-0.39, 0.29) is 11.4 Å². The van der Waals surface area contributed by atoms with Gasteiger partial charge in [0.05, 0.1) is 11.1 Å². The lowest BCUT2D eigenvalue weighted by Gasteiger charge is -2.02. The third-order valence-electron chi connectivity index (χ3n) is 2.72. The first-order valence-electron chi connectivity index (χ1n) is 5.40. The van der Waals surface area contributed by atoms with Crippen molar-refractivity contribution in [2.24, 2.45) is 0 Å². The molecule has 3 aromatic rings. The normalized spacial score (nSPS) is 10.6. The smallest absolute Gasteiger partial charge is 0.171 e. The number of benzene rings is 1. The van der Waals surface area contributed by atoms with Crippen LogP contribution in [0.1, 0.15) is 5.56 Å². The molecule has 3 rings (SSSR count). The molecule has 0 atom stereocenters. The van der Waals surface area contributed by atoms with Crippen molar-refractivity contribution in [3.8, 4) is 17.5 Å². The van der Waals surface area contributed by atoms with Gasteiger partial charge in [0.1, 0.15) is 6.07 Å². The molecule has 0 saturated carbocycles. The summed E-state index contributed by atoms with van der Waals surface area (Å²) < 4.78 is 28.4. The summed E-state index contributed by atoms with van der Waals surface area (Å²) in [6.07, 6.45) is 1.48. The number of fused-ring (bicyclic) bond motifs is 1.